The van der Waals surface area contributed by atoms with Crippen molar-refractivity contribution in [2.24, 2.45) is 0 Å². The van der Waals surface area contributed by atoms with Crippen LogP contribution in [0.4, 0.5) is 0 Å². The zero-order valence-corrected chi connectivity index (χ0v) is 13.9. The summed E-state index contributed by atoms with van der Waals surface area (Å²) in [6, 6.07) is 19.8. The van der Waals surface area contributed by atoms with Crippen molar-refractivity contribution in [1.29, 1.82) is 0 Å². The van der Waals surface area contributed by atoms with Crippen LogP contribution in [0, 0.1) is 0 Å². The molecule has 0 aromatic heterocycles. The summed E-state index contributed by atoms with van der Waals surface area (Å²) in [6.45, 7) is 3.96. The van der Waals surface area contributed by atoms with Gasteiger partial charge in [-0.05, 0) is 25.5 Å². The molecule has 0 N–H and O–H groups in total. The zero-order valence-electron chi connectivity index (χ0n) is 13.9. The van der Waals surface area contributed by atoms with Crippen LogP contribution in [-0.2, 0) is 14.3 Å². The minimum atomic E-state index is -0.327. The SMILES string of the molecule is CCOC(=O)C1=C(C)OC(c2ccccc2)=CC1c1ccccc1. The third-order valence-electron chi connectivity index (χ3n) is 3.98. The molecule has 0 saturated heterocycles. The predicted molar refractivity (Wildman–Crippen MR) is 94.0 cm³/mol. The summed E-state index contributed by atoms with van der Waals surface area (Å²) in [5.41, 5.74) is 2.58. The van der Waals surface area contributed by atoms with Crippen LogP contribution in [-0.4, -0.2) is 12.6 Å². The summed E-state index contributed by atoms with van der Waals surface area (Å²) in [4.78, 5) is 12.4. The summed E-state index contributed by atoms with van der Waals surface area (Å²) >= 11 is 0. The summed E-state index contributed by atoms with van der Waals surface area (Å²) in [6.07, 6.45) is 1.99. The van der Waals surface area contributed by atoms with Gasteiger partial charge >= 0.3 is 5.97 Å². The lowest BCUT2D eigenvalue weighted by atomic mass is 9.87. The number of carbonyl (C=O) groups excluding carboxylic acids is 1. The van der Waals surface area contributed by atoms with E-state index >= 15 is 0 Å². The lowest BCUT2D eigenvalue weighted by molar-refractivity contribution is -0.139. The third kappa shape index (κ3) is 3.25. The average Bonchev–Trinajstić information content (AvgIpc) is 2.62. The van der Waals surface area contributed by atoms with Crippen LogP contribution in [0.25, 0.3) is 5.76 Å². The van der Waals surface area contributed by atoms with Gasteiger partial charge in [0.2, 0.25) is 0 Å². The van der Waals surface area contributed by atoms with Crippen LogP contribution in [0.5, 0.6) is 0 Å². The number of rotatable bonds is 4. The standard InChI is InChI=1S/C21H20O3/c1-3-23-21(22)20-15(2)24-19(17-12-8-5-9-13-17)14-18(20)16-10-6-4-7-11-16/h4-14,18H,3H2,1-2H3. The quantitative estimate of drug-likeness (QED) is 0.767. The first kappa shape index (κ1) is 16.1. The van der Waals surface area contributed by atoms with Gasteiger partial charge in [0, 0.05) is 11.5 Å². The number of allylic oxidation sites excluding steroid dienone is 2. The molecule has 1 aliphatic heterocycles. The maximum atomic E-state index is 12.4. The molecule has 2 aromatic carbocycles. The molecule has 3 rings (SSSR count). The van der Waals surface area contributed by atoms with E-state index in [-0.39, 0.29) is 11.9 Å². The first-order chi connectivity index (χ1) is 11.7. The fourth-order valence-electron chi connectivity index (χ4n) is 2.87. The molecule has 24 heavy (non-hydrogen) atoms. The monoisotopic (exact) mass is 320 g/mol. The van der Waals surface area contributed by atoms with Gasteiger partial charge in [0.1, 0.15) is 11.5 Å². The van der Waals surface area contributed by atoms with E-state index in [1.165, 1.54) is 0 Å². The minimum absolute atomic E-state index is 0.186. The summed E-state index contributed by atoms with van der Waals surface area (Å²) in [5, 5.41) is 0. The summed E-state index contributed by atoms with van der Waals surface area (Å²) in [7, 11) is 0. The Hall–Kier alpha value is -2.81. The second kappa shape index (κ2) is 7.18. The fourth-order valence-corrected chi connectivity index (χ4v) is 2.87. The molecule has 2 aromatic rings. The molecular formula is C21H20O3. The van der Waals surface area contributed by atoms with Crippen molar-refractivity contribution >= 4 is 11.7 Å². The topological polar surface area (TPSA) is 35.5 Å². The van der Waals surface area contributed by atoms with Crippen LogP contribution in [0.2, 0.25) is 0 Å². The summed E-state index contributed by atoms with van der Waals surface area (Å²) < 4.78 is 11.2. The molecule has 3 nitrogen and oxygen atoms in total. The number of carbonyl (C=O) groups is 1. The van der Waals surface area contributed by atoms with Gasteiger partial charge in [-0.25, -0.2) is 4.79 Å². The van der Waals surface area contributed by atoms with E-state index in [0.29, 0.717) is 17.9 Å². The first-order valence-corrected chi connectivity index (χ1v) is 8.08. The smallest absolute Gasteiger partial charge is 0.338 e. The van der Waals surface area contributed by atoms with E-state index < -0.39 is 0 Å². The second-order valence-electron chi connectivity index (χ2n) is 5.58. The normalized spacial score (nSPS) is 17.1. The lowest BCUT2D eigenvalue weighted by Gasteiger charge is -2.26. The largest absolute Gasteiger partial charge is 0.463 e. The van der Waals surface area contributed by atoms with E-state index in [2.05, 4.69) is 0 Å². The molecule has 122 valence electrons. The highest BCUT2D eigenvalue weighted by Gasteiger charge is 2.30. The highest BCUT2D eigenvalue weighted by atomic mass is 16.5. The Morgan fingerprint density at radius 1 is 1.04 bits per heavy atom. The van der Waals surface area contributed by atoms with Crippen molar-refractivity contribution in [1.82, 2.24) is 0 Å². The van der Waals surface area contributed by atoms with E-state index in [4.69, 9.17) is 9.47 Å². The van der Waals surface area contributed by atoms with Gasteiger partial charge in [0.15, 0.2) is 0 Å². The number of hydrogen-bond acceptors (Lipinski definition) is 3. The van der Waals surface area contributed by atoms with Crippen molar-refractivity contribution in [3.8, 4) is 0 Å². The molecule has 0 bridgehead atoms. The van der Waals surface area contributed by atoms with Gasteiger partial charge in [0.05, 0.1) is 12.2 Å². The molecule has 1 heterocycles. The Morgan fingerprint density at radius 2 is 1.67 bits per heavy atom. The van der Waals surface area contributed by atoms with Crippen molar-refractivity contribution in [3.05, 3.63) is 89.2 Å². The van der Waals surface area contributed by atoms with Gasteiger partial charge < -0.3 is 9.47 Å². The van der Waals surface area contributed by atoms with Crippen LogP contribution < -0.4 is 0 Å². The van der Waals surface area contributed by atoms with Crippen LogP contribution >= 0.6 is 0 Å². The maximum absolute atomic E-state index is 12.4. The molecule has 1 atom stereocenters. The molecule has 0 radical (unpaired) electrons. The average molecular weight is 320 g/mol. The van der Waals surface area contributed by atoms with Crippen molar-refractivity contribution < 1.29 is 14.3 Å². The van der Waals surface area contributed by atoms with Gasteiger partial charge in [0.25, 0.3) is 0 Å². The fraction of sp³-hybridized carbons (Fsp3) is 0.190. The van der Waals surface area contributed by atoms with E-state index in [0.717, 1.165) is 16.9 Å². The van der Waals surface area contributed by atoms with Crippen LogP contribution in [0.15, 0.2) is 78.1 Å². The second-order valence-corrected chi connectivity index (χ2v) is 5.58. The van der Waals surface area contributed by atoms with E-state index in [1.54, 1.807) is 6.92 Å². The van der Waals surface area contributed by atoms with Gasteiger partial charge in [-0.2, -0.15) is 0 Å². The molecular weight excluding hydrogens is 300 g/mol. The summed E-state index contributed by atoms with van der Waals surface area (Å²) in [5.74, 6) is 0.833. The molecule has 1 unspecified atom stereocenters. The molecule has 0 fully saturated rings. The Morgan fingerprint density at radius 3 is 2.29 bits per heavy atom. The first-order valence-electron chi connectivity index (χ1n) is 8.08. The van der Waals surface area contributed by atoms with Crippen molar-refractivity contribution in [2.45, 2.75) is 19.8 Å². The van der Waals surface area contributed by atoms with E-state index in [9.17, 15) is 4.79 Å². The molecule has 3 heteroatoms. The number of benzene rings is 2. The number of hydrogen-bond donors (Lipinski definition) is 0. The number of ether oxygens (including phenoxy) is 2. The zero-order chi connectivity index (χ0) is 16.9. The van der Waals surface area contributed by atoms with Gasteiger partial charge in [-0.3, -0.25) is 0 Å². The highest BCUT2D eigenvalue weighted by Crippen LogP contribution is 2.38. The Balaban J connectivity index is 2.06. The van der Waals surface area contributed by atoms with Gasteiger partial charge in [-0.15, -0.1) is 0 Å². The molecule has 0 aliphatic carbocycles. The lowest BCUT2D eigenvalue weighted by Crippen LogP contribution is -2.19. The predicted octanol–water partition coefficient (Wildman–Crippen LogP) is 4.68. The molecule has 1 aliphatic rings. The maximum Gasteiger partial charge on any atom is 0.338 e. The van der Waals surface area contributed by atoms with Crippen molar-refractivity contribution in [3.63, 3.8) is 0 Å². The third-order valence-corrected chi connectivity index (χ3v) is 3.98. The van der Waals surface area contributed by atoms with Crippen LogP contribution in [0.1, 0.15) is 30.9 Å². The number of esters is 1. The minimum Gasteiger partial charge on any atom is -0.463 e. The Labute approximate surface area is 142 Å². The molecule has 0 saturated carbocycles. The van der Waals surface area contributed by atoms with Crippen molar-refractivity contribution in [2.75, 3.05) is 6.61 Å². The molecule has 0 amide bonds. The van der Waals surface area contributed by atoms with Crippen LogP contribution in [0.3, 0.4) is 0 Å². The Bertz CT molecular complexity index is 773. The molecule has 0 spiro atoms. The van der Waals surface area contributed by atoms with Gasteiger partial charge in [-0.1, -0.05) is 60.7 Å². The van der Waals surface area contributed by atoms with E-state index in [1.807, 2.05) is 73.7 Å². The highest BCUT2D eigenvalue weighted by molar-refractivity contribution is 5.92. The Kier molecular flexibility index (Phi) is 4.80.